The van der Waals surface area contributed by atoms with Crippen molar-refractivity contribution in [3.05, 3.63) is 103 Å². The average Bonchev–Trinajstić information content (AvgIpc) is 3.58. The maximum Gasteiger partial charge on any atom is 0.296 e. The molecule has 1 amide bonds. The number of para-hydroxylation sites is 1. The lowest BCUT2D eigenvalue weighted by Crippen LogP contribution is -2.29. The number of hydrogen-bond donors (Lipinski definition) is 9. The SMILES string of the molecule is CC1=NN(c2ccccc2)C(=O)C1N=Nc1ccc(-c2ccc(N=Nc3c(S(=O)(=O)O)cc4c(O)c(N=Nc5c(S(=O)(=O)O)cc6cc(S(=O)(=O)O)cc(S(=O)(=O)O)c6c5O)ccc4c3O)c(O)c2)cc1O. The molecule has 0 saturated carbocycles. The molecule has 0 fully saturated rings. The normalized spacial score (nSPS) is 15.0. The molecular weight excluding hydrogens is 1030 g/mol. The van der Waals surface area contributed by atoms with Crippen LogP contribution in [0, 0.1) is 0 Å². The third kappa shape index (κ3) is 9.60. The first-order valence-corrected chi connectivity index (χ1v) is 25.5. The van der Waals surface area contributed by atoms with Gasteiger partial charge in [-0.1, -0.05) is 30.3 Å². The number of carbonyl (C=O) groups excluding carboxylic acids is 1. The Bertz CT molecular complexity index is 4100. The van der Waals surface area contributed by atoms with E-state index < -0.39 is 128 Å². The minimum Gasteiger partial charge on any atom is -0.506 e. The monoisotopic (exact) mass is 1060 g/mol. The average molecular weight is 1060 g/mol. The van der Waals surface area contributed by atoms with E-state index in [-0.39, 0.29) is 28.6 Å². The van der Waals surface area contributed by atoms with Crippen LogP contribution in [0.1, 0.15) is 6.92 Å². The number of amides is 1. The highest BCUT2D eigenvalue weighted by Crippen LogP contribution is 2.49. The molecule has 0 aromatic heterocycles. The van der Waals surface area contributed by atoms with E-state index >= 15 is 0 Å². The summed E-state index contributed by atoms with van der Waals surface area (Å²) >= 11 is 0. The highest BCUT2D eigenvalue weighted by atomic mass is 32.2. The zero-order chi connectivity index (χ0) is 52.4. The fourth-order valence-electron chi connectivity index (χ4n) is 7.18. The summed E-state index contributed by atoms with van der Waals surface area (Å²) in [4.78, 5) is 7.93. The number of benzene rings is 7. The number of fused-ring (bicyclic) bond motifs is 2. The Morgan fingerprint density at radius 2 is 1.04 bits per heavy atom. The van der Waals surface area contributed by atoms with Crippen molar-refractivity contribution in [2.75, 3.05) is 5.01 Å². The third-order valence-corrected chi connectivity index (χ3v) is 14.0. The van der Waals surface area contributed by atoms with Crippen LogP contribution in [0.5, 0.6) is 28.7 Å². The molecule has 1 aliphatic heterocycles. The lowest BCUT2D eigenvalue weighted by atomic mass is 10.0. The highest BCUT2D eigenvalue weighted by Gasteiger charge is 2.35. The summed E-state index contributed by atoms with van der Waals surface area (Å²) in [6.07, 6.45) is 0. The van der Waals surface area contributed by atoms with Gasteiger partial charge in [-0.2, -0.15) is 54.0 Å². The first-order chi connectivity index (χ1) is 33.6. The molecule has 1 aliphatic rings. The number of aromatic hydroxyl groups is 5. The van der Waals surface area contributed by atoms with Gasteiger partial charge in [0.2, 0.25) is 0 Å². The molecular formula is C42H30N8O18S4. The number of nitrogens with zero attached hydrogens (tertiary/aromatic N) is 8. The molecule has 0 saturated heterocycles. The molecule has 1 atom stereocenters. The van der Waals surface area contributed by atoms with Gasteiger partial charge in [0.15, 0.2) is 23.3 Å². The maximum atomic E-state index is 13.0. The van der Waals surface area contributed by atoms with Crippen molar-refractivity contribution in [3.63, 3.8) is 0 Å². The molecule has 26 nitrogen and oxygen atoms in total. The van der Waals surface area contributed by atoms with Crippen LogP contribution in [-0.2, 0) is 45.3 Å². The van der Waals surface area contributed by atoms with Gasteiger partial charge in [-0.05, 0) is 96.2 Å². The van der Waals surface area contributed by atoms with E-state index in [0.717, 1.165) is 12.1 Å². The highest BCUT2D eigenvalue weighted by molar-refractivity contribution is 7.87. The van der Waals surface area contributed by atoms with Crippen LogP contribution in [0.25, 0.3) is 32.7 Å². The largest absolute Gasteiger partial charge is 0.506 e. The number of rotatable bonds is 12. The molecule has 8 rings (SSSR count). The molecule has 1 unspecified atom stereocenters. The maximum absolute atomic E-state index is 13.0. The molecule has 7 aromatic rings. The van der Waals surface area contributed by atoms with Crippen molar-refractivity contribution in [2.45, 2.75) is 32.5 Å². The number of phenols is 5. The van der Waals surface area contributed by atoms with E-state index in [9.17, 15) is 82.2 Å². The Morgan fingerprint density at radius 3 is 1.60 bits per heavy atom. The number of azo groups is 3. The van der Waals surface area contributed by atoms with Crippen molar-refractivity contribution in [3.8, 4) is 39.9 Å². The zero-order valence-corrected chi connectivity index (χ0v) is 39.1. The smallest absolute Gasteiger partial charge is 0.296 e. The summed E-state index contributed by atoms with van der Waals surface area (Å²) < 4.78 is 138. The quantitative estimate of drug-likeness (QED) is 0.0415. The summed E-state index contributed by atoms with van der Waals surface area (Å²) in [6, 6.07) is 19.3. The van der Waals surface area contributed by atoms with E-state index in [1.54, 1.807) is 37.3 Å². The molecule has 7 aromatic carbocycles. The van der Waals surface area contributed by atoms with Gasteiger partial charge in [0.05, 0.1) is 16.3 Å². The number of anilines is 1. The van der Waals surface area contributed by atoms with Crippen molar-refractivity contribution < 1.29 is 82.2 Å². The fraction of sp³-hybridized carbons (Fsp3) is 0.0476. The topological polar surface area (TPSA) is 425 Å². The number of hydrogen-bond acceptors (Lipinski definition) is 21. The third-order valence-electron chi connectivity index (χ3n) is 10.6. The molecule has 72 heavy (non-hydrogen) atoms. The number of hydrazone groups is 1. The van der Waals surface area contributed by atoms with Gasteiger partial charge in [0, 0.05) is 16.2 Å². The second-order valence-corrected chi connectivity index (χ2v) is 20.8. The van der Waals surface area contributed by atoms with Crippen LogP contribution in [-0.4, -0.2) is 95.1 Å². The Balaban J connectivity index is 1.09. The minimum atomic E-state index is -5.48. The van der Waals surface area contributed by atoms with Crippen molar-refractivity contribution in [1.29, 1.82) is 0 Å². The van der Waals surface area contributed by atoms with E-state index in [1.165, 1.54) is 41.4 Å². The van der Waals surface area contributed by atoms with Crippen LogP contribution < -0.4 is 5.01 Å². The molecule has 1 heterocycles. The standard InChI is InChI=1S/C42H30N8O18S4/c1-19-36(42(56)50(49-19)23-5-3-2-4-6-23)46-43-27-10-7-20(14-30(27)51)21-8-11-28(31(52)15-21)44-47-37-34(72(66,67)68)18-26-25(40(37)54)9-12-29(39(26)53)45-48-38-33(71(63,64)65)16-22-13-24(69(57,58)59)17-32(70(60,61)62)35(22)41(38)55/h2-18,36,51-55H,1H3,(H,57,58,59)(H,60,61,62)(H,63,64,65)(H,66,67,68). The summed E-state index contributed by atoms with van der Waals surface area (Å²) in [5.41, 5.74) is -1.59. The van der Waals surface area contributed by atoms with Crippen LogP contribution in [0.4, 0.5) is 34.1 Å². The van der Waals surface area contributed by atoms with Gasteiger partial charge in [0.1, 0.15) is 54.6 Å². The molecule has 30 heteroatoms. The Kier molecular flexibility index (Phi) is 12.6. The summed E-state index contributed by atoms with van der Waals surface area (Å²) in [6.45, 7) is 1.61. The van der Waals surface area contributed by atoms with E-state index in [0.29, 0.717) is 40.7 Å². The van der Waals surface area contributed by atoms with Gasteiger partial charge in [0.25, 0.3) is 46.4 Å². The van der Waals surface area contributed by atoms with E-state index in [2.05, 4.69) is 35.8 Å². The molecule has 370 valence electrons. The molecule has 0 spiro atoms. The minimum absolute atomic E-state index is 0.00333. The van der Waals surface area contributed by atoms with Gasteiger partial charge < -0.3 is 25.5 Å². The first-order valence-electron chi connectivity index (χ1n) is 19.7. The predicted molar refractivity (Wildman–Crippen MR) is 251 cm³/mol. The van der Waals surface area contributed by atoms with Gasteiger partial charge >= 0.3 is 0 Å². The van der Waals surface area contributed by atoms with E-state index in [4.69, 9.17) is 0 Å². The lowest BCUT2D eigenvalue weighted by molar-refractivity contribution is -0.117. The summed E-state index contributed by atoms with van der Waals surface area (Å²) in [7, 11) is -21.5. The Hall–Kier alpha value is -8.36. The van der Waals surface area contributed by atoms with Gasteiger partial charge in [-0.25, -0.2) is 0 Å². The number of phenolic OH excluding ortho intramolecular Hbond substituents is 5. The summed E-state index contributed by atoms with van der Waals surface area (Å²) in [5.74, 6) is -4.86. The molecule has 0 radical (unpaired) electrons. The summed E-state index contributed by atoms with van der Waals surface area (Å²) in [5, 5.41) is 80.8. The predicted octanol–water partition coefficient (Wildman–Crippen LogP) is 7.88. The van der Waals surface area contributed by atoms with Crippen LogP contribution in [0.2, 0.25) is 0 Å². The Labute approximate surface area is 404 Å². The van der Waals surface area contributed by atoms with Crippen molar-refractivity contribution in [2.24, 2.45) is 35.8 Å². The lowest BCUT2D eigenvalue weighted by Gasteiger charge is -2.13. The van der Waals surface area contributed by atoms with Gasteiger partial charge in [-0.3, -0.25) is 23.0 Å². The first kappa shape index (κ1) is 50.0. The van der Waals surface area contributed by atoms with Crippen LogP contribution in [0.3, 0.4) is 0 Å². The molecule has 0 aliphatic carbocycles. The Morgan fingerprint density at radius 1 is 0.514 bits per heavy atom. The van der Waals surface area contributed by atoms with Gasteiger partial charge in [-0.15, -0.1) is 20.5 Å². The molecule has 0 bridgehead atoms. The second kappa shape index (κ2) is 18.1. The fourth-order valence-corrected chi connectivity index (χ4v) is 9.85. The van der Waals surface area contributed by atoms with Crippen molar-refractivity contribution in [1.82, 2.24) is 0 Å². The molecule has 9 N–H and O–H groups in total. The second-order valence-electron chi connectivity index (χ2n) is 15.2. The number of carbonyl (C=O) groups is 1. The van der Waals surface area contributed by atoms with Crippen LogP contribution >= 0.6 is 0 Å². The van der Waals surface area contributed by atoms with E-state index in [1.807, 2.05) is 0 Å². The zero-order valence-electron chi connectivity index (χ0n) is 35.8. The van der Waals surface area contributed by atoms with Crippen LogP contribution in [0.15, 0.2) is 158 Å². The van der Waals surface area contributed by atoms with Crippen molar-refractivity contribution >= 4 is 108 Å².